The number of aromatic nitrogens is 2. The van der Waals surface area contributed by atoms with E-state index in [2.05, 4.69) is 21.0 Å². The van der Waals surface area contributed by atoms with Crippen LogP contribution >= 0.6 is 15.9 Å². The summed E-state index contributed by atoms with van der Waals surface area (Å²) in [6.45, 7) is 4.42. The predicted octanol–water partition coefficient (Wildman–Crippen LogP) is 6.97. The molecule has 0 bridgehead atoms. The largest absolute Gasteiger partial charge is 0.516 e. The Kier molecular flexibility index (Phi) is 8.12. The number of aromatic carboxylic acids is 1. The number of anilines is 1. The van der Waals surface area contributed by atoms with E-state index in [9.17, 15) is 31.5 Å². The predicted molar refractivity (Wildman–Crippen MR) is 144 cm³/mol. The molecule has 2 aromatic carbocycles. The number of carbonyl (C=O) groups is 1. The van der Waals surface area contributed by atoms with E-state index < -0.39 is 21.5 Å². The van der Waals surface area contributed by atoms with Crippen LogP contribution in [0.25, 0.3) is 22.3 Å². The number of unbranched alkanes of at least 4 members (excludes halogenated alkanes) is 1. The number of para-hydroxylation sites is 1. The second-order valence-electron chi connectivity index (χ2n) is 8.86. The third-order valence-corrected chi connectivity index (χ3v) is 8.07. The summed E-state index contributed by atoms with van der Waals surface area (Å²) in [5.74, 6) is -0.922. The summed E-state index contributed by atoms with van der Waals surface area (Å²) >= 11 is 3.46. The number of nitrogens with zero attached hydrogens (tertiary/aromatic N) is 2. The molecule has 2 aromatic heterocycles. The Morgan fingerprint density at radius 1 is 1.18 bits per heavy atom. The van der Waals surface area contributed by atoms with Gasteiger partial charge < -0.3 is 9.52 Å². The molecule has 39 heavy (non-hydrogen) atoms. The number of alkyl halides is 3. The van der Waals surface area contributed by atoms with Crippen LogP contribution in [0, 0.1) is 0 Å². The summed E-state index contributed by atoms with van der Waals surface area (Å²) in [6, 6.07) is 10.8. The van der Waals surface area contributed by atoms with Crippen LogP contribution in [-0.4, -0.2) is 34.8 Å². The molecule has 0 unspecified atom stereocenters. The smallest absolute Gasteiger partial charge is 0.477 e. The number of hydrogen-bond donors (Lipinski definition) is 2. The van der Waals surface area contributed by atoms with Crippen LogP contribution < -0.4 is 4.72 Å². The van der Waals surface area contributed by atoms with Crippen molar-refractivity contribution >= 4 is 48.6 Å². The van der Waals surface area contributed by atoms with Crippen molar-refractivity contribution in [2.24, 2.45) is 0 Å². The Morgan fingerprint density at radius 2 is 1.90 bits per heavy atom. The van der Waals surface area contributed by atoms with Gasteiger partial charge in [-0.05, 0) is 58.6 Å². The molecule has 0 spiro atoms. The van der Waals surface area contributed by atoms with Crippen molar-refractivity contribution in [2.45, 2.75) is 51.6 Å². The molecule has 0 amide bonds. The first-order valence-electron chi connectivity index (χ1n) is 12.1. The normalized spacial score (nSPS) is 12.3. The monoisotopic (exact) mass is 627 g/mol. The Balaban J connectivity index is 1.75. The molecule has 0 aliphatic carbocycles. The fourth-order valence-electron chi connectivity index (χ4n) is 4.30. The van der Waals surface area contributed by atoms with E-state index in [0.29, 0.717) is 46.1 Å². The number of benzene rings is 2. The lowest BCUT2D eigenvalue weighted by molar-refractivity contribution is -0.0429. The lowest BCUT2D eigenvalue weighted by atomic mass is 10.00. The SMILES string of the molecule is CCCCn1nc(CC)c(Cc2ccc3oc(-c4ccccc4NS(=O)(=O)C(F)(F)F)c(Br)c3c2)c1C(=O)O. The number of hydrogen-bond acceptors (Lipinski definition) is 5. The zero-order valence-corrected chi connectivity index (χ0v) is 23.4. The molecular weight excluding hydrogens is 603 g/mol. The lowest BCUT2D eigenvalue weighted by Gasteiger charge is -2.13. The Labute approximate surface area is 231 Å². The van der Waals surface area contributed by atoms with E-state index in [-0.39, 0.29) is 22.7 Å². The highest BCUT2D eigenvalue weighted by Gasteiger charge is 2.46. The van der Waals surface area contributed by atoms with Crippen LogP contribution in [0.4, 0.5) is 18.9 Å². The zero-order valence-electron chi connectivity index (χ0n) is 21.0. The van der Waals surface area contributed by atoms with E-state index in [1.54, 1.807) is 33.7 Å². The van der Waals surface area contributed by atoms with Gasteiger partial charge in [0, 0.05) is 29.5 Å². The van der Waals surface area contributed by atoms with Crippen molar-refractivity contribution in [2.75, 3.05) is 4.72 Å². The minimum Gasteiger partial charge on any atom is -0.477 e. The number of carboxylic acid groups (broad SMARTS) is 1. The van der Waals surface area contributed by atoms with Gasteiger partial charge in [-0.2, -0.15) is 26.7 Å². The number of aryl methyl sites for hydroxylation is 2. The number of carboxylic acids is 1. The summed E-state index contributed by atoms with van der Waals surface area (Å²) < 4.78 is 71.9. The molecule has 0 saturated heterocycles. The highest BCUT2D eigenvalue weighted by molar-refractivity contribution is 9.10. The molecule has 0 aliphatic rings. The number of furan rings is 1. The maximum atomic E-state index is 13.0. The standard InChI is InChI=1S/C26H25BrF3N3O5S/c1-3-5-12-33-23(25(34)35)17(19(4-2)31-33)13-15-10-11-21-18(14-15)22(27)24(38-21)16-8-6-7-9-20(16)32-39(36,37)26(28,29)30/h6-11,14,32H,3-5,12-13H2,1-2H3,(H,34,35). The van der Waals surface area contributed by atoms with Gasteiger partial charge in [-0.1, -0.05) is 38.5 Å². The number of sulfonamides is 1. The van der Waals surface area contributed by atoms with Crippen molar-refractivity contribution < 1.29 is 35.9 Å². The molecule has 0 radical (unpaired) electrons. The molecule has 0 fully saturated rings. The second kappa shape index (κ2) is 11.0. The van der Waals surface area contributed by atoms with E-state index in [1.807, 2.05) is 13.8 Å². The van der Waals surface area contributed by atoms with Crippen molar-refractivity contribution in [1.29, 1.82) is 0 Å². The van der Waals surface area contributed by atoms with Crippen molar-refractivity contribution in [3.8, 4) is 11.3 Å². The highest BCUT2D eigenvalue weighted by Crippen LogP contribution is 2.42. The van der Waals surface area contributed by atoms with Gasteiger partial charge in [0.05, 0.1) is 15.9 Å². The maximum Gasteiger partial charge on any atom is 0.516 e. The molecule has 0 atom stereocenters. The minimum absolute atomic E-state index is 0.105. The average Bonchev–Trinajstić information content (AvgIpc) is 3.39. The van der Waals surface area contributed by atoms with Gasteiger partial charge in [-0.15, -0.1) is 0 Å². The minimum atomic E-state index is -5.65. The fraction of sp³-hybridized carbons (Fsp3) is 0.308. The van der Waals surface area contributed by atoms with Crippen molar-refractivity contribution in [1.82, 2.24) is 9.78 Å². The first-order chi connectivity index (χ1) is 18.4. The maximum absolute atomic E-state index is 13.0. The van der Waals surface area contributed by atoms with Gasteiger partial charge in [0.1, 0.15) is 11.3 Å². The van der Waals surface area contributed by atoms with E-state index in [4.69, 9.17) is 4.42 Å². The van der Waals surface area contributed by atoms with Gasteiger partial charge >= 0.3 is 21.5 Å². The average molecular weight is 628 g/mol. The third-order valence-electron chi connectivity index (χ3n) is 6.19. The summed E-state index contributed by atoms with van der Waals surface area (Å²) in [5.41, 5.74) is -3.04. The topological polar surface area (TPSA) is 114 Å². The van der Waals surface area contributed by atoms with Gasteiger partial charge in [0.15, 0.2) is 5.76 Å². The first-order valence-corrected chi connectivity index (χ1v) is 14.4. The number of fused-ring (bicyclic) bond motifs is 1. The van der Waals surface area contributed by atoms with Gasteiger partial charge in [-0.3, -0.25) is 9.40 Å². The third kappa shape index (κ3) is 5.69. The van der Waals surface area contributed by atoms with Crippen LogP contribution in [0.1, 0.15) is 54.0 Å². The summed E-state index contributed by atoms with van der Waals surface area (Å²) in [6.07, 6.45) is 2.54. The van der Waals surface area contributed by atoms with Crippen LogP contribution in [0.5, 0.6) is 0 Å². The van der Waals surface area contributed by atoms with Crippen LogP contribution in [0.2, 0.25) is 0 Å². The molecule has 0 saturated carbocycles. The van der Waals surface area contributed by atoms with Crippen LogP contribution in [0.15, 0.2) is 51.4 Å². The fourth-order valence-corrected chi connectivity index (χ4v) is 5.49. The molecule has 2 heterocycles. The second-order valence-corrected chi connectivity index (χ2v) is 11.3. The van der Waals surface area contributed by atoms with Gasteiger partial charge in [0.2, 0.25) is 0 Å². The quantitative estimate of drug-likeness (QED) is 0.196. The summed E-state index contributed by atoms with van der Waals surface area (Å²) in [7, 11) is -5.65. The lowest BCUT2D eigenvalue weighted by Crippen LogP contribution is -2.30. The number of rotatable bonds is 10. The Morgan fingerprint density at radius 3 is 2.54 bits per heavy atom. The van der Waals surface area contributed by atoms with Crippen LogP contribution in [0.3, 0.4) is 0 Å². The van der Waals surface area contributed by atoms with E-state index in [0.717, 1.165) is 18.4 Å². The summed E-state index contributed by atoms with van der Waals surface area (Å²) in [5, 5.41) is 15.1. The van der Waals surface area contributed by atoms with E-state index in [1.165, 1.54) is 18.2 Å². The Hall–Kier alpha value is -3.32. The van der Waals surface area contributed by atoms with Crippen LogP contribution in [-0.2, 0) is 29.4 Å². The molecule has 2 N–H and O–H groups in total. The molecule has 4 aromatic rings. The van der Waals surface area contributed by atoms with Crippen molar-refractivity contribution in [3.63, 3.8) is 0 Å². The zero-order chi connectivity index (χ0) is 28.5. The van der Waals surface area contributed by atoms with Crippen molar-refractivity contribution in [3.05, 3.63) is 69.5 Å². The first kappa shape index (κ1) is 28.7. The van der Waals surface area contributed by atoms with Gasteiger partial charge in [0.25, 0.3) is 0 Å². The summed E-state index contributed by atoms with van der Waals surface area (Å²) in [4.78, 5) is 12.1. The molecule has 8 nitrogen and oxygen atoms in total. The molecule has 208 valence electrons. The molecule has 0 aliphatic heterocycles. The molecule has 13 heteroatoms. The molecular formula is C26H25BrF3N3O5S. The van der Waals surface area contributed by atoms with E-state index >= 15 is 0 Å². The van der Waals surface area contributed by atoms with Gasteiger partial charge in [-0.25, -0.2) is 4.79 Å². The number of nitrogens with one attached hydrogen (secondary N) is 1. The number of halogens is 4. The molecule has 4 rings (SSSR count). The Bertz CT molecular complexity index is 1640. The highest BCUT2D eigenvalue weighted by atomic mass is 79.9.